The van der Waals surface area contributed by atoms with Crippen molar-refractivity contribution in [2.45, 2.75) is 33.5 Å². The van der Waals surface area contributed by atoms with E-state index < -0.39 is 8.07 Å². The lowest BCUT2D eigenvalue weighted by Crippen LogP contribution is -2.16. The number of hydrogen-bond donors (Lipinski definition) is 0. The van der Waals surface area contributed by atoms with E-state index in [9.17, 15) is 4.79 Å². The summed E-state index contributed by atoms with van der Waals surface area (Å²) >= 11 is 0. The fourth-order valence-electron chi connectivity index (χ4n) is 0.812. The first-order valence-electron chi connectivity index (χ1n) is 5.40. The van der Waals surface area contributed by atoms with Crippen LogP contribution in [0.25, 0.3) is 0 Å². The van der Waals surface area contributed by atoms with Crippen molar-refractivity contribution < 1.29 is 9.53 Å². The third-order valence-corrected chi connectivity index (χ3v) is 2.46. The summed E-state index contributed by atoms with van der Waals surface area (Å²) in [5.74, 6) is 2.71. The highest BCUT2D eigenvalue weighted by Gasteiger charge is 2.06. The maximum Gasteiger partial charge on any atom is 0.333 e. The van der Waals surface area contributed by atoms with Crippen molar-refractivity contribution in [3.05, 3.63) is 23.8 Å². The summed E-state index contributed by atoms with van der Waals surface area (Å²) in [7, 11) is -1.29. The van der Waals surface area contributed by atoms with Crippen LogP contribution in [0.1, 0.15) is 13.8 Å². The second-order valence-corrected chi connectivity index (χ2v) is 9.20. The van der Waals surface area contributed by atoms with E-state index in [4.69, 9.17) is 4.74 Å². The summed E-state index contributed by atoms with van der Waals surface area (Å²) < 4.78 is 4.84. The molecule has 0 rings (SSSR count). The molecule has 0 aromatic heterocycles. The molecule has 0 saturated heterocycles. The number of carbonyl (C=O) groups is 1. The molecule has 0 aromatic carbocycles. The van der Waals surface area contributed by atoms with Crippen LogP contribution in [0, 0.1) is 11.5 Å². The number of esters is 1. The van der Waals surface area contributed by atoms with Crippen molar-refractivity contribution >= 4 is 14.0 Å². The molecule has 0 aliphatic carbocycles. The second-order valence-electron chi connectivity index (χ2n) is 4.45. The Morgan fingerprint density at radius 3 is 2.50 bits per heavy atom. The fraction of sp³-hybridized carbons (Fsp3) is 0.462. The van der Waals surface area contributed by atoms with Gasteiger partial charge in [0.2, 0.25) is 0 Å². The third kappa shape index (κ3) is 8.07. The first kappa shape index (κ1) is 14.7. The molecular weight excluding hydrogens is 216 g/mol. The molecule has 0 atom stereocenters. The van der Waals surface area contributed by atoms with Gasteiger partial charge in [-0.3, -0.25) is 0 Å². The summed E-state index contributed by atoms with van der Waals surface area (Å²) in [6.07, 6.45) is 5.26. The molecule has 88 valence electrons. The van der Waals surface area contributed by atoms with Gasteiger partial charge in [-0.15, -0.1) is 5.54 Å². The summed E-state index contributed by atoms with van der Waals surface area (Å²) in [5, 5.41) is 0. The van der Waals surface area contributed by atoms with Gasteiger partial charge in [0.15, 0.2) is 0 Å². The molecule has 2 nitrogen and oxygen atoms in total. The van der Waals surface area contributed by atoms with E-state index in [2.05, 4.69) is 31.1 Å². The Kier molecular flexibility index (Phi) is 6.51. The number of allylic oxidation sites excluding steroid dienone is 3. The molecule has 0 unspecified atom stereocenters. The van der Waals surface area contributed by atoms with Gasteiger partial charge in [0, 0.05) is 5.57 Å². The van der Waals surface area contributed by atoms with Gasteiger partial charge in [0.05, 0.1) is 6.61 Å². The van der Waals surface area contributed by atoms with Crippen molar-refractivity contribution in [3.8, 4) is 11.5 Å². The molecule has 0 aliphatic rings. The smallest absolute Gasteiger partial charge is 0.333 e. The van der Waals surface area contributed by atoms with Crippen molar-refractivity contribution in [1.29, 1.82) is 0 Å². The van der Waals surface area contributed by atoms with Crippen LogP contribution >= 0.6 is 0 Å². The number of rotatable bonds is 3. The monoisotopic (exact) mass is 236 g/mol. The van der Waals surface area contributed by atoms with Crippen LogP contribution in [-0.2, 0) is 9.53 Å². The zero-order valence-corrected chi connectivity index (χ0v) is 11.8. The average molecular weight is 236 g/mol. The lowest BCUT2D eigenvalue weighted by atomic mass is 10.3. The maximum absolute atomic E-state index is 11.2. The first-order chi connectivity index (χ1) is 7.37. The second kappa shape index (κ2) is 7.08. The Labute approximate surface area is 99.4 Å². The molecule has 0 radical (unpaired) electrons. The minimum atomic E-state index is -1.29. The van der Waals surface area contributed by atoms with Crippen LogP contribution in [0.15, 0.2) is 23.8 Å². The van der Waals surface area contributed by atoms with E-state index in [-0.39, 0.29) is 5.97 Å². The minimum Gasteiger partial charge on any atom is -0.463 e. The summed E-state index contributed by atoms with van der Waals surface area (Å²) in [6, 6.07) is 0. The number of carbonyl (C=O) groups excluding carboxylic acids is 1. The van der Waals surface area contributed by atoms with Crippen LogP contribution in [0.3, 0.4) is 0 Å². The van der Waals surface area contributed by atoms with E-state index in [0.29, 0.717) is 12.2 Å². The number of hydrogen-bond acceptors (Lipinski definition) is 2. The zero-order valence-electron chi connectivity index (χ0n) is 10.8. The molecule has 0 aromatic rings. The lowest BCUT2D eigenvalue weighted by Gasteiger charge is -2.02. The summed E-state index contributed by atoms with van der Waals surface area (Å²) in [4.78, 5) is 11.2. The predicted molar refractivity (Wildman–Crippen MR) is 70.7 cm³/mol. The lowest BCUT2D eigenvalue weighted by molar-refractivity contribution is -0.138. The van der Waals surface area contributed by atoms with E-state index in [0.717, 1.165) is 0 Å². The highest BCUT2D eigenvalue weighted by molar-refractivity contribution is 6.83. The van der Waals surface area contributed by atoms with Gasteiger partial charge in [-0.25, -0.2) is 4.79 Å². The van der Waals surface area contributed by atoms with E-state index in [1.165, 1.54) is 0 Å². The quantitative estimate of drug-likeness (QED) is 0.248. The zero-order chi connectivity index (χ0) is 12.6. The molecule has 0 fully saturated rings. The molecule has 0 N–H and O–H groups in total. The van der Waals surface area contributed by atoms with Crippen LogP contribution in [0.2, 0.25) is 19.6 Å². The van der Waals surface area contributed by atoms with Gasteiger partial charge in [0.1, 0.15) is 8.07 Å². The van der Waals surface area contributed by atoms with Gasteiger partial charge < -0.3 is 4.74 Å². The molecule has 0 saturated carbocycles. The van der Waals surface area contributed by atoms with Gasteiger partial charge in [0.25, 0.3) is 0 Å². The topological polar surface area (TPSA) is 26.3 Å². The molecule has 0 heterocycles. The fourth-order valence-corrected chi connectivity index (χ4v) is 1.33. The molecule has 0 bridgehead atoms. The SMILES string of the molecule is CCOC(=O)/C(C)=C/C=C/C#C[Si](C)(C)C. The van der Waals surface area contributed by atoms with Crippen molar-refractivity contribution in [1.82, 2.24) is 0 Å². The van der Waals surface area contributed by atoms with Crippen molar-refractivity contribution in [2.75, 3.05) is 6.61 Å². The van der Waals surface area contributed by atoms with Crippen molar-refractivity contribution in [3.63, 3.8) is 0 Å². The average Bonchev–Trinajstić information content (AvgIpc) is 2.15. The Morgan fingerprint density at radius 2 is 2.00 bits per heavy atom. The molecule has 16 heavy (non-hydrogen) atoms. The van der Waals surface area contributed by atoms with Gasteiger partial charge in [-0.2, -0.15) is 0 Å². The normalized spacial score (nSPS) is 12.2. The van der Waals surface area contributed by atoms with Gasteiger partial charge in [-0.05, 0) is 19.9 Å². The molecular formula is C13H20O2Si. The Balaban J connectivity index is 4.31. The van der Waals surface area contributed by atoms with Crippen LogP contribution < -0.4 is 0 Å². The first-order valence-corrected chi connectivity index (χ1v) is 8.90. The Morgan fingerprint density at radius 1 is 1.38 bits per heavy atom. The predicted octanol–water partition coefficient (Wildman–Crippen LogP) is 2.93. The molecule has 0 aliphatic heterocycles. The van der Waals surface area contributed by atoms with Gasteiger partial charge >= 0.3 is 5.97 Å². The maximum atomic E-state index is 11.2. The largest absolute Gasteiger partial charge is 0.463 e. The van der Waals surface area contributed by atoms with Crippen LogP contribution in [0.5, 0.6) is 0 Å². The van der Waals surface area contributed by atoms with Crippen LogP contribution in [0.4, 0.5) is 0 Å². The third-order valence-electron chi connectivity index (χ3n) is 1.57. The Bertz CT molecular complexity index is 348. The highest BCUT2D eigenvalue weighted by atomic mass is 28.3. The highest BCUT2D eigenvalue weighted by Crippen LogP contribution is 1.98. The summed E-state index contributed by atoms with van der Waals surface area (Å²) in [6.45, 7) is 10.5. The van der Waals surface area contributed by atoms with Crippen molar-refractivity contribution in [2.24, 2.45) is 0 Å². The standard InChI is InChI=1S/C13H20O2Si/c1-6-15-13(14)12(2)10-8-7-9-11-16(3,4)5/h7-8,10H,6H2,1-5H3/b8-7+,12-10+. The van der Waals surface area contributed by atoms with E-state index >= 15 is 0 Å². The van der Waals surface area contributed by atoms with Crippen LogP contribution in [-0.4, -0.2) is 20.7 Å². The molecule has 3 heteroatoms. The van der Waals surface area contributed by atoms with E-state index in [1.807, 2.05) is 0 Å². The molecule has 0 amide bonds. The Hall–Kier alpha value is -1.27. The summed E-state index contributed by atoms with van der Waals surface area (Å²) in [5.41, 5.74) is 3.80. The van der Waals surface area contributed by atoms with E-state index in [1.54, 1.807) is 32.1 Å². The van der Waals surface area contributed by atoms with Gasteiger partial charge in [-0.1, -0.05) is 37.7 Å². The minimum absolute atomic E-state index is 0.273. The number of ether oxygens (including phenoxy) is 1. The molecule has 0 spiro atoms.